The van der Waals surface area contributed by atoms with Crippen LogP contribution < -0.4 is 5.32 Å². The molecular formula is C11H18N2O2. The predicted octanol–water partition coefficient (Wildman–Crippen LogP) is 0.522. The normalized spacial score (nSPS) is 31.7. The number of piperazine rings is 1. The maximum absolute atomic E-state index is 12.0. The summed E-state index contributed by atoms with van der Waals surface area (Å²) >= 11 is 0. The first kappa shape index (κ1) is 10.5. The highest BCUT2D eigenvalue weighted by Crippen LogP contribution is 2.31. The van der Waals surface area contributed by atoms with Gasteiger partial charge in [-0.3, -0.25) is 9.59 Å². The molecule has 0 bridgehead atoms. The second-order valence-corrected chi connectivity index (χ2v) is 4.58. The zero-order valence-electron chi connectivity index (χ0n) is 9.32. The molecule has 2 unspecified atom stereocenters. The summed E-state index contributed by atoms with van der Waals surface area (Å²) in [7, 11) is 0. The van der Waals surface area contributed by atoms with Gasteiger partial charge >= 0.3 is 0 Å². The molecule has 15 heavy (non-hydrogen) atoms. The van der Waals surface area contributed by atoms with Gasteiger partial charge in [-0.2, -0.15) is 0 Å². The SMILES string of the molecule is CCC1NC(=O)C(C)N(CC2CC2)C1=O. The van der Waals surface area contributed by atoms with Crippen LogP contribution in [0, 0.1) is 5.92 Å². The summed E-state index contributed by atoms with van der Waals surface area (Å²) in [6, 6.07) is -0.589. The predicted molar refractivity (Wildman–Crippen MR) is 56.1 cm³/mol. The van der Waals surface area contributed by atoms with Gasteiger partial charge < -0.3 is 10.2 Å². The van der Waals surface area contributed by atoms with Gasteiger partial charge in [-0.25, -0.2) is 0 Å². The summed E-state index contributed by atoms with van der Waals surface area (Å²) in [6.07, 6.45) is 3.09. The van der Waals surface area contributed by atoms with Crippen LogP contribution in [-0.2, 0) is 9.59 Å². The minimum absolute atomic E-state index is 0.0119. The molecule has 84 valence electrons. The monoisotopic (exact) mass is 210 g/mol. The molecule has 0 aromatic rings. The van der Waals surface area contributed by atoms with Crippen LogP contribution in [0.4, 0.5) is 0 Å². The molecule has 1 aliphatic carbocycles. The summed E-state index contributed by atoms with van der Waals surface area (Å²) in [5.41, 5.74) is 0. The van der Waals surface area contributed by atoms with Crippen LogP contribution in [0.5, 0.6) is 0 Å². The minimum Gasteiger partial charge on any atom is -0.343 e. The van der Waals surface area contributed by atoms with Gasteiger partial charge in [0, 0.05) is 6.54 Å². The van der Waals surface area contributed by atoms with Gasteiger partial charge in [0.2, 0.25) is 11.8 Å². The molecule has 4 nitrogen and oxygen atoms in total. The molecule has 1 heterocycles. The smallest absolute Gasteiger partial charge is 0.245 e. The molecule has 0 radical (unpaired) electrons. The molecule has 1 saturated heterocycles. The maximum Gasteiger partial charge on any atom is 0.245 e. The van der Waals surface area contributed by atoms with E-state index in [0.29, 0.717) is 12.3 Å². The van der Waals surface area contributed by atoms with Crippen molar-refractivity contribution in [2.45, 2.75) is 45.2 Å². The number of carbonyl (C=O) groups excluding carboxylic acids is 2. The lowest BCUT2D eigenvalue weighted by atomic mass is 10.1. The number of amides is 2. The Bertz CT molecular complexity index is 286. The second-order valence-electron chi connectivity index (χ2n) is 4.58. The van der Waals surface area contributed by atoms with Crippen molar-refractivity contribution in [1.82, 2.24) is 10.2 Å². The van der Waals surface area contributed by atoms with Gasteiger partial charge in [-0.15, -0.1) is 0 Å². The van der Waals surface area contributed by atoms with E-state index in [2.05, 4.69) is 5.32 Å². The number of nitrogens with one attached hydrogen (secondary N) is 1. The van der Waals surface area contributed by atoms with E-state index in [9.17, 15) is 9.59 Å². The Morgan fingerprint density at radius 3 is 2.60 bits per heavy atom. The molecule has 1 saturated carbocycles. The third-order valence-electron chi connectivity index (χ3n) is 3.30. The Balaban J connectivity index is 2.08. The summed E-state index contributed by atoms with van der Waals surface area (Å²) < 4.78 is 0. The maximum atomic E-state index is 12.0. The Kier molecular flexibility index (Phi) is 2.67. The number of nitrogens with zero attached hydrogens (tertiary/aromatic N) is 1. The van der Waals surface area contributed by atoms with E-state index in [1.54, 1.807) is 4.90 Å². The van der Waals surface area contributed by atoms with Crippen LogP contribution in [-0.4, -0.2) is 35.3 Å². The molecule has 1 N–H and O–H groups in total. The summed E-state index contributed by atoms with van der Waals surface area (Å²) in [6.45, 7) is 4.50. The zero-order valence-corrected chi connectivity index (χ0v) is 9.32. The first-order chi connectivity index (χ1) is 7.13. The van der Waals surface area contributed by atoms with Gasteiger partial charge in [-0.05, 0) is 32.1 Å². The standard InChI is InChI=1S/C11H18N2O2/c1-3-9-11(15)13(6-8-4-5-8)7(2)10(14)12-9/h7-9H,3-6H2,1-2H3,(H,12,14). The number of carbonyl (C=O) groups is 2. The van der Waals surface area contributed by atoms with E-state index in [1.807, 2.05) is 13.8 Å². The highest BCUT2D eigenvalue weighted by molar-refractivity contribution is 5.96. The van der Waals surface area contributed by atoms with Gasteiger partial charge in [-0.1, -0.05) is 6.92 Å². The fourth-order valence-electron chi connectivity index (χ4n) is 1.99. The Hall–Kier alpha value is -1.06. The number of hydrogen-bond donors (Lipinski definition) is 1. The molecule has 0 spiro atoms. The molecule has 2 atom stereocenters. The van der Waals surface area contributed by atoms with E-state index in [-0.39, 0.29) is 23.9 Å². The van der Waals surface area contributed by atoms with Crippen LogP contribution in [0.1, 0.15) is 33.1 Å². The molecule has 2 fully saturated rings. The van der Waals surface area contributed by atoms with E-state index in [1.165, 1.54) is 12.8 Å². The van der Waals surface area contributed by atoms with E-state index in [0.717, 1.165) is 6.54 Å². The highest BCUT2D eigenvalue weighted by Gasteiger charge is 2.39. The van der Waals surface area contributed by atoms with Crippen molar-refractivity contribution in [3.63, 3.8) is 0 Å². The Morgan fingerprint density at radius 1 is 1.40 bits per heavy atom. The second kappa shape index (κ2) is 3.83. The van der Waals surface area contributed by atoms with Crippen molar-refractivity contribution in [2.75, 3.05) is 6.54 Å². The van der Waals surface area contributed by atoms with Crippen molar-refractivity contribution in [1.29, 1.82) is 0 Å². The quantitative estimate of drug-likeness (QED) is 0.738. The van der Waals surface area contributed by atoms with Crippen molar-refractivity contribution < 1.29 is 9.59 Å². The Morgan fingerprint density at radius 2 is 2.07 bits per heavy atom. The molecule has 2 aliphatic rings. The topological polar surface area (TPSA) is 49.4 Å². The Labute approximate surface area is 90.0 Å². The fourth-order valence-corrected chi connectivity index (χ4v) is 1.99. The van der Waals surface area contributed by atoms with Crippen LogP contribution in [0.2, 0.25) is 0 Å². The van der Waals surface area contributed by atoms with Crippen LogP contribution >= 0.6 is 0 Å². The summed E-state index contributed by atoms with van der Waals surface area (Å²) in [5, 5.41) is 2.76. The van der Waals surface area contributed by atoms with Crippen LogP contribution in [0.3, 0.4) is 0 Å². The van der Waals surface area contributed by atoms with Gasteiger partial charge in [0.15, 0.2) is 0 Å². The lowest BCUT2D eigenvalue weighted by Gasteiger charge is -2.37. The van der Waals surface area contributed by atoms with Gasteiger partial charge in [0.1, 0.15) is 12.1 Å². The molecule has 0 aromatic carbocycles. The molecule has 4 heteroatoms. The minimum atomic E-state index is -0.299. The van der Waals surface area contributed by atoms with Crippen molar-refractivity contribution in [2.24, 2.45) is 5.92 Å². The van der Waals surface area contributed by atoms with Crippen molar-refractivity contribution >= 4 is 11.8 Å². The number of hydrogen-bond acceptors (Lipinski definition) is 2. The van der Waals surface area contributed by atoms with E-state index >= 15 is 0 Å². The third-order valence-corrected chi connectivity index (χ3v) is 3.30. The first-order valence-corrected chi connectivity index (χ1v) is 5.74. The fraction of sp³-hybridized carbons (Fsp3) is 0.818. The zero-order chi connectivity index (χ0) is 11.0. The summed E-state index contributed by atoms with van der Waals surface area (Å²) in [5.74, 6) is 0.721. The van der Waals surface area contributed by atoms with Crippen molar-refractivity contribution in [3.8, 4) is 0 Å². The molecule has 1 aliphatic heterocycles. The third kappa shape index (κ3) is 1.98. The lowest BCUT2D eigenvalue weighted by molar-refractivity contribution is -0.148. The summed E-state index contributed by atoms with van der Waals surface area (Å²) in [4.78, 5) is 25.4. The van der Waals surface area contributed by atoms with Crippen LogP contribution in [0.15, 0.2) is 0 Å². The molecule has 2 amide bonds. The van der Waals surface area contributed by atoms with Crippen molar-refractivity contribution in [3.05, 3.63) is 0 Å². The number of rotatable bonds is 3. The molecule has 0 aromatic heterocycles. The molecular weight excluding hydrogens is 192 g/mol. The first-order valence-electron chi connectivity index (χ1n) is 5.74. The highest BCUT2D eigenvalue weighted by atomic mass is 16.2. The van der Waals surface area contributed by atoms with Gasteiger partial charge in [0.25, 0.3) is 0 Å². The average Bonchev–Trinajstić information content (AvgIpc) is 3.02. The molecule has 2 rings (SSSR count). The average molecular weight is 210 g/mol. The van der Waals surface area contributed by atoms with E-state index in [4.69, 9.17) is 0 Å². The van der Waals surface area contributed by atoms with E-state index < -0.39 is 0 Å². The van der Waals surface area contributed by atoms with Crippen LogP contribution in [0.25, 0.3) is 0 Å². The lowest BCUT2D eigenvalue weighted by Crippen LogP contribution is -2.62. The largest absolute Gasteiger partial charge is 0.343 e. The van der Waals surface area contributed by atoms with Gasteiger partial charge in [0.05, 0.1) is 0 Å².